The van der Waals surface area contributed by atoms with E-state index in [4.69, 9.17) is 19.4 Å². The number of para-hydroxylation sites is 3. The topological polar surface area (TPSA) is 61.7 Å². The Kier molecular flexibility index (Phi) is 7.01. The first kappa shape index (κ1) is 32.4. The monoisotopic (exact) mass is 747 g/mol. The van der Waals surface area contributed by atoms with Crippen LogP contribution in [0.3, 0.4) is 0 Å². The van der Waals surface area contributed by atoms with Crippen molar-refractivity contribution in [1.82, 2.24) is 24.1 Å². The van der Waals surface area contributed by atoms with Gasteiger partial charge in [0.05, 0.1) is 22.1 Å². The number of nitrogens with zero attached hydrogens (tertiary/aromatic N) is 5. The van der Waals surface area contributed by atoms with Gasteiger partial charge in [0.2, 0.25) is 5.95 Å². The van der Waals surface area contributed by atoms with Crippen molar-refractivity contribution >= 4 is 65.6 Å². The minimum atomic E-state index is -0.308. The van der Waals surface area contributed by atoms with Crippen LogP contribution in [0.4, 0.5) is 4.39 Å². The second-order valence-electron chi connectivity index (χ2n) is 14.6. The van der Waals surface area contributed by atoms with Crippen molar-refractivity contribution in [3.8, 4) is 45.5 Å². The fourth-order valence-electron chi connectivity index (χ4n) is 8.69. The molecule has 7 heteroatoms. The number of benzene rings is 8. The molecular weight excluding hydrogens is 718 g/mol. The standard InChI is InChI=1S/C51H30FN5O/c52-34-19-13-18-33(28-34)41-29-35(30-42-38-22-9-12-25-45(38)58-48(41)42)56-43-23-10-7-20-36(43)39-26-27-40-37-21-8-11-24-44(37)57(47(40)46(39)56)51-54-49(31-14-3-1-4-15-31)53-50(55-51)32-16-5-2-6-17-32/h1-30H. The fraction of sp³-hybridized carbons (Fsp3) is 0. The lowest BCUT2D eigenvalue weighted by Gasteiger charge is -2.14. The summed E-state index contributed by atoms with van der Waals surface area (Å²) in [7, 11) is 0. The quantitative estimate of drug-likeness (QED) is 0.176. The van der Waals surface area contributed by atoms with Gasteiger partial charge in [-0.15, -0.1) is 0 Å². The third kappa shape index (κ3) is 4.86. The van der Waals surface area contributed by atoms with E-state index in [9.17, 15) is 4.39 Å². The third-order valence-corrected chi connectivity index (χ3v) is 11.2. The zero-order valence-corrected chi connectivity index (χ0v) is 30.8. The van der Waals surface area contributed by atoms with Gasteiger partial charge in [-0.3, -0.25) is 4.57 Å². The number of rotatable bonds is 5. The smallest absolute Gasteiger partial charge is 0.238 e. The van der Waals surface area contributed by atoms with Gasteiger partial charge < -0.3 is 8.98 Å². The summed E-state index contributed by atoms with van der Waals surface area (Å²) in [5.74, 6) is 1.37. The molecule has 0 bridgehead atoms. The first-order valence-corrected chi connectivity index (χ1v) is 19.2. The van der Waals surface area contributed by atoms with Crippen molar-refractivity contribution in [2.24, 2.45) is 0 Å². The Labute approximate surface area is 330 Å². The molecule has 0 aliphatic heterocycles. The molecule has 0 aliphatic carbocycles. The van der Waals surface area contributed by atoms with Crippen molar-refractivity contribution in [1.29, 1.82) is 0 Å². The number of aromatic nitrogens is 5. The van der Waals surface area contributed by atoms with E-state index in [0.717, 1.165) is 87.9 Å². The largest absolute Gasteiger partial charge is 0.455 e. The van der Waals surface area contributed by atoms with E-state index in [0.29, 0.717) is 23.2 Å². The fourth-order valence-corrected chi connectivity index (χ4v) is 8.69. The molecule has 8 aromatic carbocycles. The van der Waals surface area contributed by atoms with E-state index in [2.05, 4.69) is 88.0 Å². The van der Waals surface area contributed by atoms with Gasteiger partial charge in [-0.2, -0.15) is 9.97 Å². The van der Waals surface area contributed by atoms with Crippen molar-refractivity contribution in [2.45, 2.75) is 0 Å². The van der Waals surface area contributed by atoms with E-state index in [1.54, 1.807) is 12.1 Å². The molecule has 0 saturated carbocycles. The maximum Gasteiger partial charge on any atom is 0.238 e. The molecule has 0 spiro atoms. The van der Waals surface area contributed by atoms with Gasteiger partial charge in [-0.05, 0) is 48.0 Å². The maximum atomic E-state index is 14.9. The Morgan fingerprint density at radius 3 is 1.62 bits per heavy atom. The van der Waals surface area contributed by atoms with Gasteiger partial charge in [0.15, 0.2) is 11.6 Å². The summed E-state index contributed by atoms with van der Waals surface area (Å²) in [4.78, 5) is 15.5. The number of fused-ring (bicyclic) bond motifs is 10. The number of hydrogen-bond donors (Lipinski definition) is 0. The normalized spacial score (nSPS) is 11.9. The summed E-state index contributed by atoms with van der Waals surface area (Å²) >= 11 is 0. The average molecular weight is 748 g/mol. The van der Waals surface area contributed by atoms with Gasteiger partial charge in [-0.1, -0.05) is 140 Å². The van der Waals surface area contributed by atoms with Gasteiger partial charge in [0, 0.05) is 54.7 Å². The lowest BCUT2D eigenvalue weighted by Crippen LogP contribution is -2.07. The van der Waals surface area contributed by atoms with E-state index in [1.807, 2.05) is 84.9 Å². The lowest BCUT2D eigenvalue weighted by molar-refractivity contribution is 0.628. The van der Waals surface area contributed by atoms with Gasteiger partial charge in [0.1, 0.15) is 17.0 Å². The summed E-state index contributed by atoms with van der Waals surface area (Å²) in [5.41, 5.74) is 9.70. The minimum absolute atomic E-state index is 0.308. The molecule has 0 N–H and O–H groups in total. The molecule has 0 fully saturated rings. The summed E-state index contributed by atoms with van der Waals surface area (Å²) in [6, 6.07) is 60.6. The molecular formula is C51H30FN5O. The van der Waals surface area contributed by atoms with Gasteiger partial charge in [-0.25, -0.2) is 9.37 Å². The summed E-state index contributed by atoms with van der Waals surface area (Å²) in [6.45, 7) is 0. The number of halogens is 1. The highest BCUT2D eigenvalue weighted by atomic mass is 19.1. The second kappa shape index (κ2) is 12.6. The molecule has 58 heavy (non-hydrogen) atoms. The summed E-state index contributed by atoms with van der Waals surface area (Å²) in [6.07, 6.45) is 0. The zero-order chi connectivity index (χ0) is 38.3. The predicted molar refractivity (Wildman–Crippen MR) is 232 cm³/mol. The third-order valence-electron chi connectivity index (χ3n) is 11.2. The SMILES string of the molecule is Fc1cccc(-c2cc(-n3c4ccccc4c4ccc5c6ccccc6n(-c6nc(-c7ccccc7)nc(-c7ccccc7)n6)c5c43)cc3c2oc2ccccc23)c1. The van der Waals surface area contributed by atoms with Crippen LogP contribution in [0.25, 0.3) is 111 Å². The van der Waals surface area contributed by atoms with E-state index in [-0.39, 0.29) is 5.82 Å². The first-order chi connectivity index (χ1) is 28.7. The van der Waals surface area contributed by atoms with Crippen molar-refractivity contribution in [3.63, 3.8) is 0 Å². The molecule has 12 aromatic rings. The molecule has 4 aromatic heterocycles. The van der Waals surface area contributed by atoms with Crippen LogP contribution in [-0.2, 0) is 0 Å². The van der Waals surface area contributed by atoms with Crippen LogP contribution < -0.4 is 0 Å². The van der Waals surface area contributed by atoms with Crippen molar-refractivity contribution < 1.29 is 8.81 Å². The van der Waals surface area contributed by atoms with Gasteiger partial charge >= 0.3 is 0 Å². The van der Waals surface area contributed by atoms with Crippen molar-refractivity contribution in [3.05, 3.63) is 188 Å². The average Bonchev–Trinajstić information content (AvgIpc) is 3.94. The summed E-state index contributed by atoms with van der Waals surface area (Å²) in [5, 5.41) is 6.27. The molecule has 0 amide bonds. The van der Waals surface area contributed by atoms with Crippen LogP contribution >= 0.6 is 0 Å². The van der Waals surface area contributed by atoms with Crippen LogP contribution in [0.5, 0.6) is 0 Å². The second-order valence-corrected chi connectivity index (χ2v) is 14.6. The van der Waals surface area contributed by atoms with Crippen LogP contribution in [0.15, 0.2) is 186 Å². The predicted octanol–water partition coefficient (Wildman–Crippen LogP) is 13.1. The molecule has 0 saturated heterocycles. The van der Waals surface area contributed by atoms with Crippen LogP contribution in [0.1, 0.15) is 0 Å². The minimum Gasteiger partial charge on any atom is -0.455 e. The molecule has 4 heterocycles. The molecule has 0 radical (unpaired) electrons. The number of furan rings is 1. The highest BCUT2D eigenvalue weighted by Crippen LogP contribution is 2.44. The van der Waals surface area contributed by atoms with Gasteiger partial charge in [0.25, 0.3) is 0 Å². The zero-order valence-electron chi connectivity index (χ0n) is 30.8. The first-order valence-electron chi connectivity index (χ1n) is 19.2. The molecule has 6 nitrogen and oxygen atoms in total. The van der Waals surface area contributed by atoms with Crippen LogP contribution in [0, 0.1) is 5.82 Å². The Morgan fingerprint density at radius 2 is 0.966 bits per heavy atom. The molecule has 272 valence electrons. The lowest BCUT2D eigenvalue weighted by atomic mass is 10.0. The molecule has 0 aliphatic rings. The molecule has 0 unspecified atom stereocenters. The Morgan fingerprint density at radius 1 is 0.414 bits per heavy atom. The highest BCUT2D eigenvalue weighted by Gasteiger charge is 2.25. The van der Waals surface area contributed by atoms with E-state index >= 15 is 0 Å². The molecule has 12 rings (SSSR count). The summed E-state index contributed by atoms with van der Waals surface area (Å²) < 4.78 is 26.0. The Bertz CT molecular complexity index is 3530. The van der Waals surface area contributed by atoms with Crippen molar-refractivity contribution in [2.75, 3.05) is 0 Å². The van der Waals surface area contributed by atoms with Crippen LogP contribution in [0.2, 0.25) is 0 Å². The van der Waals surface area contributed by atoms with E-state index in [1.165, 1.54) is 6.07 Å². The number of hydrogen-bond acceptors (Lipinski definition) is 4. The Balaban J connectivity index is 1.25. The van der Waals surface area contributed by atoms with Crippen LogP contribution in [-0.4, -0.2) is 24.1 Å². The van der Waals surface area contributed by atoms with E-state index < -0.39 is 0 Å². The maximum absolute atomic E-state index is 14.9. The highest BCUT2D eigenvalue weighted by molar-refractivity contribution is 6.24. The molecule has 0 atom stereocenters. The Hall–Kier alpha value is -7.90.